The molecular formula is C23H32F3N5O4. The lowest BCUT2D eigenvalue weighted by atomic mass is 9.82. The number of carbonyl (C=O) groups excluding carboxylic acids is 4. The average Bonchev–Trinajstić information content (AvgIpc) is 3.39. The fraction of sp³-hybridized carbons (Fsp3) is 0.783. The summed E-state index contributed by atoms with van der Waals surface area (Å²) in [5.74, 6) is -4.15. The Hall–Kier alpha value is -2.84. The van der Waals surface area contributed by atoms with E-state index in [2.05, 4.69) is 10.6 Å². The maximum Gasteiger partial charge on any atom is 0.471 e. The molecule has 1 unspecified atom stereocenters. The average molecular weight is 500 g/mol. The van der Waals surface area contributed by atoms with Crippen LogP contribution in [-0.4, -0.2) is 65.9 Å². The van der Waals surface area contributed by atoms with Crippen molar-refractivity contribution in [3.8, 4) is 6.07 Å². The highest BCUT2D eigenvalue weighted by atomic mass is 19.4. The number of alkyl halides is 3. The van der Waals surface area contributed by atoms with E-state index in [1.165, 1.54) is 25.7 Å². The number of piperidine rings is 1. The molecule has 12 heteroatoms. The number of halogens is 3. The lowest BCUT2D eigenvalue weighted by Gasteiger charge is -2.43. The van der Waals surface area contributed by atoms with Crippen LogP contribution in [0.3, 0.4) is 0 Å². The molecule has 3 aliphatic rings. The van der Waals surface area contributed by atoms with Crippen LogP contribution in [-0.2, 0) is 19.2 Å². The van der Waals surface area contributed by atoms with Gasteiger partial charge in [-0.2, -0.15) is 18.4 Å². The molecule has 2 saturated heterocycles. The van der Waals surface area contributed by atoms with Crippen LogP contribution < -0.4 is 16.0 Å². The van der Waals surface area contributed by atoms with Gasteiger partial charge in [0.15, 0.2) is 0 Å². The molecule has 2 heterocycles. The molecule has 1 saturated carbocycles. The molecular weight excluding hydrogens is 467 g/mol. The minimum Gasteiger partial charge on any atom is -0.356 e. The lowest BCUT2D eigenvalue weighted by molar-refractivity contribution is -0.176. The maximum atomic E-state index is 13.5. The molecule has 9 nitrogen and oxygen atoms in total. The van der Waals surface area contributed by atoms with Crippen LogP contribution in [0.5, 0.6) is 0 Å². The molecule has 0 bridgehead atoms. The molecule has 0 aromatic carbocycles. The van der Waals surface area contributed by atoms with Crippen molar-refractivity contribution in [3.05, 3.63) is 0 Å². The highest BCUT2D eigenvalue weighted by molar-refractivity contribution is 5.94. The Morgan fingerprint density at radius 3 is 2.34 bits per heavy atom. The molecule has 35 heavy (non-hydrogen) atoms. The molecule has 0 aromatic heterocycles. The third-order valence-electron chi connectivity index (χ3n) is 7.23. The van der Waals surface area contributed by atoms with Crippen molar-refractivity contribution in [1.82, 2.24) is 20.9 Å². The smallest absolute Gasteiger partial charge is 0.356 e. The summed E-state index contributed by atoms with van der Waals surface area (Å²) in [5.41, 5.74) is -1.16. The minimum atomic E-state index is -5.16. The SMILES string of the molecule is CC(C)(C)[C@H](NC(=O)C(F)(F)F)C(=O)N1CCC2(CC2)CC1C(=O)N[C@H](C#N)C[C@@H]1CCNC1=O. The quantitative estimate of drug-likeness (QED) is 0.508. The largest absolute Gasteiger partial charge is 0.471 e. The van der Waals surface area contributed by atoms with Gasteiger partial charge in [-0.05, 0) is 49.4 Å². The second-order valence-corrected chi connectivity index (χ2v) is 11.0. The summed E-state index contributed by atoms with van der Waals surface area (Å²) >= 11 is 0. The van der Waals surface area contributed by atoms with Crippen LogP contribution in [0, 0.1) is 28.1 Å². The summed E-state index contributed by atoms with van der Waals surface area (Å²) in [6.07, 6.45) is -1.77. The highest BCUT2D eigenvalue weighted by Crippen LogP contribution is 2.55. The molecule has 1 aliphatic carbocycles. The van der Waals surface area contributed by atoms with E-state index >= 15 is 0 Å². The molecule has 3 N–H and O–H groups in total. The van der Waals surface area contributed by atoms with E-state index in [1.807, 2.05) is 11.4 Å². The van der Waals surface area contributed by atoms with E-state index in [0.29, 0.717) is 25.8 Å². The van der Waals surface area contributed by atoms with Gasteiger partial charge in [-0.3, -0.25) is 19.2 Å². The van der Waals surface area contributed by atoms with Gasteiger partial charge in [0.25, 0.3) is 0 Å². The van der Waals surface area contributed by atoms with Crippen molar-refractivity contribution in [2.24, 2.45) is 16.7 Å². The van der Waals surface area contributed by atoms with Gasteiger partial charge in [-0.25, -0.2) is 0 Å². The topological polar surface area (TPSA) is 131 Å². The predicted octanol–water partition coefficient (Wildman–Crippen LogP) is 1.39. The zero-order valence-corrected chi connectivity index (χ0v) is 20.1. The second-order valence-electron chi connectivity index (χ2n) is 11.0. The van der Waals surface area contributed by atoms with Crippen molar-refractivity contribution < 1.29 is 32.3 Å². The number of amides is 4. The number of nitrogens with zero attached hydrogens (tertiary/aromatic N) is 2. The number of hydrogen-bond donors (Lipinski definition) is 3. The number of nitrogens with one attached hydrogen (secondary N) is 3. The Labute approximate surface area is 202 Å². The first-order chi connectivity index (χ1) is 16.2. The summed E-state index contributed by atoms with van der Waals surface area (Å²) < 4.78 is 38.8. The van der Waals surface area contributed by atoms with E-state index in [1.54, 1.807) is 0 Å². The van der Waals surface area contributed by atoms with Gasteiger partial charge in [-0.1, -0.05) is 20.8 Å². The van der Waals surface area contributed by atoms with Crippen LogP contribution in [0.2, 0.25) is 0 Å². The van der Waals surface area contributed by atoms with Crippen LogP contribution in [0.25, 0.3) is 0 Å². The molecule has 0 radical (unpaired) electrons. The summed E-state index contributed by atoms with van der Waals surface area (Å²) in [5, 5.41) is 16.7. The van der Waals surface area contributed by atoms with E-state index < -0.39 is 53.4 Å². The van der Waals surface area contributed by atoms with E-state index in [0.717, 1.165) is 12.8 Å². The van der Waals surface area contributed by atoms with Crippen molar-refractivity contribution in [1.29, 1.82) is 5.26 Å². The molecule has 4 amide bonds. The first-order valence-corrected chi connectivity index (χ1v) is 11.8. The third kappa shape index (κ3) is 6.24. The summed E-state index contributed by atoms with van der Waals surface area (Å²) in [6, 6.07) is -1.45. The van der Waals surface area contributed by atoms with Gasteiger partial charge in [0.05, 0.1) is 6.07 Å². The molecule has 3 rings (SSSR count). The zero-order chi connectivity index (χ0) is 26.2. The van der Waals surface area contributed by atoms with E-state index in [-0.39, 0.29) is 24.3 Å². The van der Waals surface area contributed by atoms with Gasteiger partial charge in [0.2, 0.25) is 17.7 Å². The summed E-state index contributed by atoms with van der Waals surface area (Å²) in [6.45, 7) is 5.26. The van der Waals surface area contributed by atoms with Gasteiger partial charge in [-0.15, -0.1) is 0 Å². The fourth-order valence-corrected chi connectivity index (χ4v) is 4.86. The Bertz CT molecular complexity index is 920. The zero-order valence-electron chi connectivity index (χ0n) is 20.1. The molecule has 194 valence electrons. The fourth-order valence-electron chi connectivity index (χ4n) is 4.86. The number of rotatable bonds is 6. The monoisotopic (exact) mass is 499 g/mol. The Kier molecular flexibility index (Phi) is 7.39. The molecule has 2 aliphatic heterocycles. The second kappa shape index (κ2) is 9.66. The van der Waals surface area contributed by atoms with Crippen LogP contribution in [0.1, 0.15) is 59.3 Å². The summed E-state index contributed by atoms with van der Waals surface area (Å²) in [4.78, 5) is 51.5. The van der Waals surface area contributed by atoms with Crippen molar-refractivity contribution in [2.75, 3.05) is 13.1 Å². The van der Waals surface area contributed by atoms with E-state index in [9.17, 15) is 37.6 Å². The number of carbonyl (C=O) groups is 4. The third-order valence-corrected chi connectivity index (χ3v) is 7.23. The first-order valence-electron chi connectivity index (χ1n) is 11.8. The van der Waals surface area contributed by atoms with Crippen molar-refractivity contribution in [3.63, 3.8) is 0 Å². The maximum absolute atomic E-state index is 13.5. The minimum absolute atomic E-state index is 0.0985. The predicted molar refractivity (Wildman–Crippen MR) is 117 cm³/mol. The normalized spacial score (nSPS) is 25.3. The van der Waals surface area contributed by atoms with Crippen LogP contribution >= 0.6 is 0 Å². The number of hydrogen-bond acceptors (Lipinski definition) is 5. The van der Waals surface area contributed by atoms with Crippen molar-refractivity contribution in [2.45, 2.75) is 83.6 Å². The molecule has 4 atom stereocenters. The van der Waals surface area contributed by atoms with Gasteiger partial charge >= 0.3 is 12.1 Å². The van der Waals surface area contributed by atoms with Crippen molar-refractivity contribution >= 4 is 23.6 Å². The Morgan fingerprint density at radius 1 is 1.20 bits per heavy atom. The van der Waals surface area contributed by atoms with Gasteiger partial charge < -0.3 is 20.9 Å². The highest BCUT2D eigenvalue weighted by Gasteiger charge is 2.53. The van der Waals surface area contributed by atoms with Crippen LogP contribution in [0.4, 0.5) is 13.2 Å². The molecule has 1 spiro atoms. The van der Waals surface area contributed by atoms with Gasteiger partial charge in [0, 0.05) is 19.0 Å². The van der Waals surface area contributed by atoms with E-state index in [4.69, 9.17) is 0 Å². The van der Waals surface area contributed by atoms with Gasteiger partial charge in [0.1, 0.15) is 18.1 Å². The summed E-state index contributed by atoms with van der Waals surface area (Å²) in [7, 11) is 0. The van der Waals surface area contributed by atoms with Crippen LogP contribution in [0.15, 0.2) is 0 Å². The molecule has 3 fully saturated rings. The Balaban J connectivity index is 1.79. The molecule has 0 aromatic rings. The Morgan fingerprint density at radius 2 is 1.86 bits per heavy atom. The number of nitriles is 1. The standard InChI is InChI=1S/C23H32F3N5O4/c1-21(2,3)16(30-20(35)23(24,25)26)19(34)31-9-7-22(5-6-22)11-15(31)18(33)29-14(12-27)10-13-4-8-28-17(13)32/h13-16H,4-11H2,1-3H3,(H,28,32)(H,29,33)(H,30,35)/t13-,14-,15?,16+/m0/s1. The lowest BCUT2D eigenvalue weighted by Crippen LogP contribution is -2.63. The first kappa shape index (κ1) is 26.8. The number of likely N-dealkylation sites (tertiary alicyclic amines) is 1.